The lowest BCUT2D eigenvalue weighted by Crippen LogP contribution is -2.54. The van der Waals surface area contributed by atoms with Gasteiger partial charge in [0.25, 0.3) is 5.91 Å². The molecule has 2 aromatic rings. The fourth-order valence-electron chi connectivity index (χ4n) is 4.16. The van der Waals surface area contributed by atoms with Gasteiger partial charge < -0.3 is 20.7 Å². The molecule has 0 saturated heterocycles. The summed E-state index contributed by atoms with van der Waals surface area (Å²) in [4.78, 5) is 51.2. The fraction of sp³-hybridized carbons (Fsp3) is 0.481. The molecule has 1 aromatic heterocycles. The minimum atomic E-state index is -1.05. The summed E-state index contributed by atoms with van der Waals surface area (Å²) in [7, 11) is 0. The van der Waals surface area contributed by atoms with E-state index in [2.05, 4.69) is 26.1 Å². The quantitative estimate of drug-likeness (QED) is 0.487. The van der Waals surface area contributed by atoms with Crippen molar-refractivity contribution in [3.63, 3.8) is 0 Å². The zero-order valence-electron chi connectivity index (χ0n) is 21.4. The number of Topliss-reactive ketones (excluding diaryl/α,β-unsaturated/α-hetero) is 1. The second-order valence-corrected chi connectivity index (χ2v) is 9.60. The predicted octanol–water partition coefficient (Wildman–Crippen LogP) is 2.26. The summed E-state index contributed by atoms with van der Waals surface area (Å²) in [6.07, 6.45) is 5.98. The number of alkyl carbamates (subject to hydrolysis) is 1. The Morgan fingerprint density at radius 2 is 1.76 bits per heavy atom. The first-order valence-electron chi connectivity index (χ1n) is 12.7. The molecule has 10 heteroatoms. The first-order valence-corrected chi connectivity index (χ1v) is 12.7. The number of ether oxygens (including phenoxy) is 1. The van der Waals surface area contributed by atoms with Crippen LogP contribution in [-0.4, -0.2) is 52.5 Å². The average Bonchev–Trinajstić information content (AvgIpc) is 2.89. The second kappa shape index (κ2) is 14.1. The van der Waals surface area contributed by atoms with Gasteiger partial charge in [-0.3, -0.25) is 14.4 Å². The molecule has 1 aliphatic rings. The summed E-state index contributed by atoms with van der Waals surface area (Å²) in [6, 6.07) is 7.22. The van der Waals surface area contributed by atoms with Crippen molar-refractivity contribution in [2.45, 2.75) is 71.1 Å². The van der Waals surface area contributed by atoms with E-state index in [1.54, 1.807) is 12.4 Å². The number of nitrogens with one attached hydrogen (secondary N) is 3. The third-order valence-corrected chi connectivity index (χ3v) is 6.15. The third kappa shape index (κ3) is 8.96. The molecule has 3 rings (SSSR count). The van der Waals surface area contributed by atoms with Crippen LogP contribution in [0.5, 0.6) is 0 Å². The summed E-state index contributed by atoms with van der Waals surface area (Å²) >= 11 is 0. The van der Waals surface area contributed by atoms with E-state index in [-0.39, 0.29) is 18.9 Å². The molecular weight excluding hydrogens is 474 g/mol. The second-order valence-electron chi connectivity index (χ2n) is 9.60. The van der Waals surface area contributed by atoms with Crippen LogP contribution in [0.4, 0.5) is 4.79 Å². The lowest BCUT2D eigenvalue weighted by atomic mass is 9.96. The number of ketones is 1. The molecule has 2 atom stereocenters. The number of carbonyl (C=O) groups excluding carboxylic acids is 4. The smallest absolute Gasteiger partial charge is 0.408 e. The Labute approximate surface area is 217 Å². The van der Waals surface area contributed by atoms with Gasteiger partial charge in [0, 0.05) is 6.54 Å². The lowest BCUT2D eigenvalue weighted by molar-refractivity contribution is -0.140. The molecule has 10 nitrogen and oxygen atoms in total. The number of benzene rings is 1. The molecule has 0 fully saturated rings. The van der Waals surface area contributed by atoms with Crippen molar-refractivity contribution < 1.29 is 23.9 Å². The minimum Gasteiger partial charge on any atom is -0.445 e. The summed E-state index contributed by atoms with van der Waals surface area (Å²) < 4.78 is 5.28. The highest BCUT2D eigenvalue weighted by molar-refractivity contribution is 6.38. The van der Waals surface area contributed by atoms with Crippen LogP contribution in [0.2, 0.25) is 0 Å². The Morgan fingerprint density at radius 1 is 1.05 bits per heavy atom. The lowest BCUT2D eigenvalue weighted by Gasteiger charge is -2.24. The van der Waals surface area contributed by atoms with Crippen molar-refractivity contribution >= 4 is 23.7 Å². The van der Waals surface area contributed by atoms with E-state index < -0.39 is 35.8 Å². The summed E-state index contributed by atoms with van der Waals surface area (Å²) in [5.74, 6) is -1.91. The maximum atomic E-state index is 13.2. The number of aryl methyl sites for hydroxylation is 2. The van der Waals surface area contributed by atoms with Gasteiger partial charge in [-0.1, -0.05) is 44.2 Å². The van der Waals surface area contributed by atoms with Gasteiger partial charge in [0.1, 0.15) is 12.6 Å². The highest BCUT2D eigenvalue weighted by Crippen LogP contribution is 2.15. The molecule has 3 amide bonds. The van der Waals surface area contributed by atoms with Gasteiger partial charge in [-0.2, -0.15) is 10.2 Å². The van der Waals surface area contributed by atoms with Crippen LogP contribution >= 0.6 is 0 Å². The predicted molar refractivity (Wildman–Crippen MR) is 136 cm³/mol. The van der Waals surface area contributed by atoms with Crippen LogP contribution in [0.25, 0.3) is 0 Å². The summed E-state index contributed by atoms with van der Waals surface area (Å²) in [5, 5.41) is 15.9. The van der Waals surface area contributed by atoms with E-state index in [0.717, 1.165) is 29.5 Å². The standard InChI is InChI=1S/C27H35N5O5/c1-18(2)14-23(32-27(36)37-17-19-8-4-3-5-9-19)25(34)31-22-12-11-21-16-30-29-15-20(21)10-6-7-13-28-26(35)24(22)33/h3-5,8-9,15-16,18,22-23H,6-7,10-14,17H2,1-2H3,(H,28,35)(H,31,34)(H,32,36). The Kier molecular flexibility index (Phi) is 10.5. The largest absolute Gasteiger partial charge is 0.445 e. The third-order valence-electron chi connectivity index (χ3n) is 6.15. The van der Waals surface area contributed by atoms with Crippen LogP contribution in [0.3, 0.4) is 0 Å². The van der Waals surface area contributed by atoms with Crippen molar-refractivity contribution in [2.75, 3.05) is 6.54 Å². The normalized spacial score (nSPS) is 17.4. The summed E-state index contributed by atoms with van der Waals surface area (Å²) in [6.45, 7) is 4.27. The van der Waals surface area contributed by atoms with Gasteiger partial charge in [-0.05, 0) is 61.1 Å². The van der Waals surface area contributed by atoms with Gasteiger partial charge >= 0.3 is 6.09 Å². The minimum absolute atomic E-state index is 0.0618. The SMILES string of the molecule is CC(C)CC(NC(=O)OCc1ccccc1)C(=O)NC1CCc2cnncc2CCCCNC(=O)C1=O. The van der Waals surface area contributed by atoms with Crippen LogP contribution in [0.15, 0.2) is 42.7 Å². The van der Waals surface area contributed by atoms with Crippen molar-refractivity contribution in [2.24, 2.45) is 5.92 Å². The molecule has 1 aromatic carbocycles. The molecule has 37 heavy (non-hydrogen) atoms. The Balaban J connectivity index is 1.70. The topological polar surface area (TPSA) is 139 Å². The zero-order chi connectivity index (χ0) is 26.6. The Bertz CT molecular complexity index is 1080. The van der Waals surface area contributed by atoms with Crippen LogP contribution < -0.4 is 16.0 Å². The highest BCUT2D eigenvalue weighted by atomic mass is 16.5. The molecule has 0 saturated carbocycles. The van der Waals surface area contributed by atoms with E-state index in [9.17, 15) is 19.2 Å². The first-order chi connectivity index (χ1) is 17.8. The van der Waals surface area contributed by atoms with Crippen LogP contribution in [0.1, 0.15) is 56.2 Å². The molecule has 0 radical (unpaired) electrons. The molecule has 2 heterocycles. The zero-order valence-corrected chi connectivity index (χ0v) is 21.4. The number of nitrogens with zero attached hydrogens (tertiary/aromatic N) is 2. The molecule has 1 aliphatic heterocycles. The van der Waals surface area contributed by atoms with Crippen molar-refractivity contribution in [3.05, 3.63) is 59.4 Å². The maximum Gasteiger partial charge on any atom is 0.408 e. The number of amides is 3. The van der Waals surface area contributed by atoms with Gasteiger partial charge in [0.15, 0.2) is 0 Å². The van der Waals surface area contributed by atoms with Crippen LogP contribution in [-0.2, 0) is 38.6 Å². The van der Waals surface area contributed by atoms with E-state index in [0.29, 0.717) is 25.8 Å². The highest BCUT2D eigenvalue weighted by Gasteiger charge is 2.31. The van der Waals surface area contributed by atoms with E-state index >= 15 is 0 Å². The average molecular weight is 510 g/mol. The summed E-state index contributed by atoms with van der Waals surface area (Å²) in [5.41, 5.74) is 2.79. The first kappa shape index (κ1) is 27.8. The number of fused-ring (bicyclic) bond motifs is 1. The van der Waals surface area contributed by atoms with Crippen molar-refractivity contribution in [3.8, 4) is 0 Å². The number of carbonyl (C=O) groups is 4. The molecule has 2 unspecified atom stereocenters. The van der Waals surface area contributed by atoms with Crippen molar-refractivity contribution in [1.29, 1.82) is 0 Å². The fourth-order valence-corrected chi connectivity index (χ4v) is 4.16. The number of rotatable bonds is 7. The molecule has 198 valence electrons. The maximum absolute atomic E-state index is 13.2. The van der Waals surface area contributed by atoms with E-state index in [1.807, 2.05) is 44.2 Å². The van der Waals surface area contributed by atoms with E-state index in [1.165, 1.54) is 0 Å². The van der Waals surface area contributed by atoms with E-state index in [4.69, 9.17) is 4.74 Å². The Hall–Kier alpha value is -3.82. The molecular formula is C27H35N5O5. The monoisotopic (exact) mass is 509 g/mol. The number of hydrogen-bond donors (Lipinski definition) is 3. The molecule has 3 N–H and O–H groups in total. The van der Waals surface area contributed by atoms with Gasteiger partial charge in [-0.15, -0.1) is 0 Å². The Morgan fingerprint density at radius 3 is 2.46 bits per heavy atom. The van der Waals surface area contributed by atoms with Gasteiger partial charge in [0.2, 0.25) is 11.7 Å². The molecule has 0 bridgehead atoms. The molecule has 0 aliphatic carbocycles. The molecule has 0 spiro atoms. The number of hydrogen-bond acceptors (Lipinski definition) is 7. The van der Waals surface area contributed by atoms with Gasteiger partial charge in [-0.25, -0.2) is 4.79 Å². The van der Waals surface area contributed by atoms with Crippen LogP contribution in [0, 0.1) is 5.92 Å². The number of aromatic nitrogens is 2. The van der Waals surface area contributed by atoms with Gasteiger partial charge in [0.05, 0.1) is 18.4 Å². The van der Waals surface area contributed by atoms with Crippen molar-refractivity contribution in [1.82, 2.24) is 26.1 Å².